The summed E-state index contributed by atoms with van der Waals surface area (Å²) in [5.41, 5.74) is 7.88. The van der Waals surface area contributed by atoms with Crippen LogP contribution in [-0.2, 0) is 4.74 Å². The Morgan fingerprint density at radius 1 is 1.30 bits per heavy atom. The van der Waals surface area contributed by atoms with Crippen LogP contribution in [0, 0.1) is 5.92 Å². The number of carbonyl (C=O) groups is 1. The number of benzene rings is 1. The molecule has 3 rings (SSSR count). The number of esters is 1. The lowest BCUT2D eigenvalue weighted by molar-refractivity contribution is 0.0176. The maximum absolute atomic E-state index is 12.3. The van der Waals surface area contributed by atoms with E-state index < -0.39 is 0 Å². The average Bonchev–Trinajstić information content (AvgIpc) is 2.84. The van der Waals surface area contributed by atoms with Crippen LogP contribution < -0.4 is 5.73 Å². The third-order valence-corrected chi connectivity index (χ3v) is 4.16. The van der Waals surface area contributed by atoms with Crippen LogP contribution in [0.15, 0.2) is 24.4 Å². The molecule has 1 aromatic heterocycles. The lowest BCUT2D eigenvalue weighted by atomic mass is 9.89. The lowest BCUT2D eigenvalue weighted by Gasteiger charge is -2.25. The van der Waals surface area contributed by atoms with E-state index in [2.05, 4.69) is 11.9 Å². The minimum atomic E-state index is -0.236. The van der Waals surface area contributed by atoms with Gasteiger partial charge in [-0.2, -0.15) is 0 Å². The molecule has 0 atom stereocenters. The lowest BCUT2D eigenvalue weighted by Crippen LogP contribution is -2.23. The number of hydrogen-bond acceptors (Lipinski definition) is 3. The maximum Gasteiger partial charge on any atom is 0.340 e. The van der Waals surface area contributed by atoms with Crippen molar-refractivity contribution in [2.45, 2.75) is 38.7 Å². The van der Waals surface area contributed by atoms with Crippen LogP contribution in [0.2, 0.25) is 0 Å². The number of nitrogens with one attached hydrogen (secondary N) is 1. The van der Waals surface area contributed by atoms with E-state index in [1.54, 1.807) is 12.3 Å². The molecule has 0 spiro atoms. The molecule has 106 valence electrons. The van der Waals surface area contributed by atoms with Gasteiger partial charge in [-0.05, 0) is 49.8 Å². The van der Waals surface area contributed by atoms with Gasteiger partial charge in [0.2, 0.25) is 0 Å². The Bertz CT molecular complexity index is 624. The van der Waals surface area contributed by atoms with Gasteiger partial charge in [0.1, 0.15) is 6.10 Å². The Kier molecular flexibility index (Phi) is 3.38. The summed E-state index contributed by atoms with van der Waals surface area (Å²) >= 11 is 0. The van der Waals surface area contributed by atoms with Gasteiger partial charge in [-0.3, -0.25) is 0 Å². The van der Waals surface area contributed by atoms with Crippen LogP contribution in [0.3, 0.4) is 0 Å². The van der Waals surface area contributed by atoms with E-state index in [0.29, 0.717) is 11.3 Å². The number of anilines is 1. The number of hydrogen-bond donors (Lipinski definition) is 2. The second kappa shape index (κ2) is 5.19. The van der Waals surface area contributed by atoms with Crippen molar-refractivity contribution in [3.8, 4) is 0 Å². The molecule has 0 aliphatic heterocycles. The van der Waals surface area contributed by atoms with E-state index in [1.165, 1.54) is 0 Å². The SMILES string of the molecule is CC1CCC(OC(=O)c2c[nH]c3cc(N)ccc23)CC1. The second-order valence-corrected chi connectivity index (χ2v) is 5.79. The number of aromatic nitrogens is 1. The molecule has 0 saturated heterocycles. The van der Waals surface area contributed by atoms with Gasteiger partial charge >= 0.3 is 5.97 Å². The molecular formula is C16H20N2O2. The summed E-state index contributed by atoms with van der Waals surface area (Å²) in [7, 11) is 0. The van der Waals surface area contributed by atoms with Gasteiger partial charge in [0.05, 0.1) is 5.56 Å². The number of fused-ring (bicyclic) bond motifs is 1. The zero-order chi connectivity index (χ0) is 14.1. The summed E-state index contributed by atoms with van der Waals surface area (Å²) in [5, 5.41) is 0.869. The molecule has 1 fully saturated rings. The molecule has 0 bridgehead atoms. The second-order valence-electron chi connectivity index (χ2n) is 5.79. The molecular weight excluding hydrogens is 252 g/mol. The maximum atomic E-state index is 12.3. The normalized spacial score (nSPS) is 22.9. The first-order valence-electron chi connectivity index (χ1n) is 7.21. The van der Waals surface area contributed by atoms with E-state index in [0.717, 1.165) is 42.5 Å². The predicted octanol–water partition coefficient (Wildman–Crippen LogP) is 3.49. The minimum absolute atomic E-state index is 0.0671. The van der Waals surface area contributed by atoms with Gasteiger partial charge in [-0.25, -0.2) is 4.79 Å². The summed E-state index contributed by atoms with van der Waals surface area (Å²) in [4.78, 5) is 15.4. The largest absolute Gasteiger partial charge is 0.459 e. The molecule has 1 aliphatic carbocycles. The predicted molar refractivity (Wildman–Crippen MR) is 79.5 cm³/mol. The van der Waals surface area contributed by atoms with Crippen molar-refractivity contribution >= 4 is 22.6 Å². The van der Waals surface area contributed by atoms with Crippen molar-refractivity contribution in [1.29, 1.82) is 0 Å². The highest BCUT2D eigenvalue weighted by molar-refractivity contribution is 6.04. The number of nitrogens with two attached hydrogens (primary N) is 1. The topological polar surface area (TPSA) is 68.1 Å². The smallest absolute Gasteiger partial charge is 0.340 e. The summed E-state index contributed by atoms with van der Waals surface area (Å²) in [6.07, 6.45) is 6.00. The van der Waals surface area contributed by atoms with Crippen LogP contribution in [-0.4, -0.2) is 17.1 Å². The number of rotatable bonds is 2. The fraction of sp³-hybridized carbons (Fsp3) is 0.438. The molecule has 4 nitrogen and oxygen atoms in total. The molecule has 0 amide bonds. The number of nitrogen functional groups attached to an aromatic ring is 1. The summed E-state index contributed by atoms with van der Waals surface area (Å²) < 4.78 is 5.63. The van der Waals surface area contributed by atoms with E-state index in [-0.39, 0.29) is 12.1 Å². The minimum Gasteiger partial charge on any atom is -0.459 e. The van der Waals surface area contributed by atoms with Gasteiger partial charge in [0.15, 0.2) is 0 Å². The van der Waals surface area contributed by atoms with Gasteiger partial charge in [0, 0.05) is 22.8 Å². The fourth-order valence-electron chi connectivity index (χ4n) is 2.87. The van der Waals surface area contributed by atoms with Crippen molar-refractivity contribution < 1.29 is 9.53 Å². The number of carbonyl (C=O) groups excluding carboxylic acids is 1. The molecule has 4 heteroatoms. The third-order valence-electron chi connectivity index (χ3n) is 4.16. The van der Waals surface area contributed by atoms with Crippen LogP contribution >= 0.6 is 0 Å². The quantitative estimate of drug-likeness (QED) is 0.649. The fourth-order valence-corrected chi connectivity index (χ4v) is 2.87. The molecule has 0 unspecified atom stereocenters. The number of aromatic amines is 1. The van der Waals surface area contributed by atoms with Crippen LogP contribution in [0.1, 0.15) is 43.0 Å². The highest BCUT2D eigenvalue weighted by Crippen LogP contribution is 2.27. The molecule has 20 heavy (non-hydrogen) atoms. The van der Waals surface area contributed by atoms with Gasteiger partial charge in [-0.15, -0.1) is 0 Å². The monoisotopic (exact) mass is 272 g/mol. The summed E-state index contributed by atoms with van der Waals surface area (Å²) in [6.45, 7) is 2.25. The Labute approximate surface area is 118 Å². The highest BCUT2D eigenvalue weighted by Gasteiger charge is 2.23. The van der Waals surface area contributed by atoms with Gasteiger partial charge < -0.3 is 15.5 Å². The van der Waals surface area contributed by atoms with E-state index in [1.807, 2.05) is 12.1 Å². The average molecular weight is 272 g/mol. The number of H-pyrrole nitrogens is 1. The van der Waals surface area contributed by atoms with Crippen LogP contribution in [0.5, 0.6) is 0 Å². The Balaban J connectivity index is 1.75. The van der Waals surface area contributed by atoms with Gasteiger partial charge in [0.25, 0.3) is 0 Å². The zero-order valence-electron chi connectivity index (χ0n) is 11.7. The molecule has 1 aromatic carbocycles. The standard InChI is InChI=1S/C16H20N2O2/c1-10-2-5-12(6-3-10)20-16(19)14-9-18-15-8-11(17)4-7-13(14)15/h4,7-10,12,18H,2-3,5-6,17H2,1H3. The molecule has 1 aliphatic rings. The van der Waals surface area contributed by atoms with Crippen LogP contribution in [0.4, 0.5) is 5.69 Å². The summed E-state index contributed by atoms with van der Waals surface area (Å²) in [5.74, 6) is 0.515. The first-order valence-corrected chi connectivity index (χ1v) is 7.21. The van der Waals surface area contributed by atoms with Gasteiger partial charge in [-0.1, -0.05) is 6.92 Å². The van der Waals surface area contributed by atoms with Crippen molar-refractivity contribution in [2.24, 2.45) is 5.92 Å². The molecule has 1 heterocycles. The van der Waals surface area contributed by atoms with Crippen molar-refractivity contribution in [2.75, 3.05) is 5.73 Å². The Morgan fingerprint density at radius 3 is 2.80 bits per heavy atom. The third kappa shape index (κ3) is 2.50. The van der Waals surface area contributed by atoms with Crippen LogP contribution in [0.25, 0.3) is 10.9 Å². The van der Waals surface area contributed by atoms with E-state index in [9.17, 15) is 4.79 Å². The number of ether oxygens (including phenoxy) is 1. The van der Waals surface area contributed by atoms with E-state index in [4.69, 9.17) is 10.5 Å². The molecule has 1 saturated carbocycles. The van der Waals surface area contributed by atoms with Crippen molar-refractivity contribution in [1.82, 2.24) is 4.98 Å². The zero-order valence-corrected chi connectivity index (χ0v) is 11.7. The highest BCUT2D eigenvalue weighted by atomic mass is 16.5. The first-order chi connectivity index (χ1) is 9.63. The van der Waals surface area contributed by atoms with Crippen molar-refractivity contribution in [3.63, 3.8) is 0 Å². The van der Waals surface area contributed by atoms with E-state index >= 15 is 0 Å². The summed E-state index contributed by atoms with van der Waals surface area (Å²) in [6, 6.07) is 5.49. The molecule has 0 radical (unpaired) electrons. The van der Waals surface area contributed by atoms with Crippen molar-refractivity contribution in [3.05, 3.63) is 30.0 Å². The molecule has 2 aromatic rings. The Morgan fingerprint density at radius 2 is 2.05 bits per heavy atom. The Hall–Kier alpha value is -1.97. The molecule has 3 N–H and O–H groups in total. The first kappa shape index (κ1) is 13.0.